The number of rotatable bonds is 7. The molecule has 11 heteroatoms. The second kappa shape index (κ2) is 10.9. The highest BCUT2D eigenvalue weighted by Gasteiger charge is 2.29. The molecule has 0 saturated carbocycles. The average molecular weight is 524 g/mol. The molecule has 0 radical (unpaired) electrons. The van der Waals surface area contributed by atoms with E-state index in [4.69, 9.17) is 21.6 Å². The molecule has 10 nitrogen and oxygen atoms in total. The zero-order valence-corrected chi connectivity index (χ0v) is 22.3. The first-order valence-corrected chi connectivity index (χ1v) is 13.2. The Hall–Kier alpha value is -3.37. The monoisotopic (exact) mass is 523 g/mol. The summed E-state index contributed by atoms with van der Waals surface area (Å²) in [5.74, 6) is 2.84. The van der Waals surface area contributed by atoms with Crippen molar-refractivity contribution in [1.82, 2.24) is 30.0 Å². The molecular weight excluding hydrogens is 490 g/mol. The summed E-state index contributed by atoms with van der Waals surface area (Å²) in [5.41, 5.74) is 2.55. The van der Waals surface area contributed by atoms with Crippen molar-refractivity contribution in [2.75, 3.05) is 61.3 Å². The topological polar surface area (TPSA) is 105 Å². The summed E-state index contributed by atoms with van der Waals surface area (Å²) in [4.78, 5) is 29.4. The van der Waals surface area contributed by atoms with Crippen LogP contribution in [-0.4, -0.2) is 87.7 Å². The van der Waals surface area contributed by atoms with Crippen molar-refractivity contribution in [2.24, 2.45) is 0 Å². The van der Waals surface area contributed by atoms with E-state index >= 15 is 0 Å². The summed E-state index contributed by atoms with van der Waals surface area (Å²) >= 11 is 6.08. The third kappa shape index (κ3) is 5.97. The lowest BCUT2D eigenvalue weighted by Crippen LogP contribution is -2.46. The number of anilines is 4. The van der Waals surface area contributed by atoms with Gasteiger partial charge >= 0.3 is 0 Å². The lowest BCUT2D eigenvalue weighted by atomic mass is 10.1. The number of nitrogens with zero attached hydrogens (tertiary/aromatic N) is 6. The zero-order chi connectivity index (χ0) is 25.9. The highest BCUT2D eigenvalue weighted by atomic mass is 35.5. The second-order valence-electron chi connectivity index (χ2n) is 9.76. The zero-order valence-electron chi connectivity index (χ0n) is 21.6. The predicted molar refractivity (Wildman–Crippen MR) is 147 cm³/mol. The van der Waals surface area contributed by atoms with Gasteiger partial charge in [-0.05, 0) is 50.6 Å². The maximum atomic E-state index is 13.1. The number of aromatic nitrogens is 4. The minimum absolute atomic E-state index is 0.0261. The van der Waals surface area contributed by atoms with Gasteiger partial charge in [-0.25, -0.2) is 0 Å². The number of likely N-dealkylation sites (N-methyl/N-ethyl adjacent to an activating group) is 1. The molecular formula is C26H34ClN9O. The van der Waals surface area contributed by atoms with Crippen LogP contribution in [-0.2, 0) is 0 Å². The van der Waals surface area contributed by atoms with Gasteiger partial charge in [0.2, 0.25) is 5.95 Å². The number of carbonyl (C=O) groups is 1. The molecule has 1 amide bonds. The molecule has 0 bridgehead atoms. The van der Waals surface area contributed by atoms with Crippen molar-refractivity contribution in [3.63, 3.8) is 0 Å². The molecule has 2 aromatic heterocycles. The molecule has 3 N–H and O–H groups in total. The van der Waals surface area contributed by atoms with Crippen molar-refractivity contribution in [3.05, 3.63) is 52.2 Å². The number of benzene rings is 1. The van der Waals surface area contributed by atoms with E-state index in [1.54, 1.807) is 12.1 Å². The van der Waals surface area contributed by atoms with Gasteiger partial charge in [0.25, 0.3) is 5.91 Å². The number of aryl methyl sites for hydroxylation is 2. The van der Waals surface area contributed by atoms with Crippen LogP contribution in [0.5, 0.6) is 0 Å². The minimum Gasteiger partial charge on any atom is -0.354 e. The Kier molecular flexibility index (Phi) is 7.48. The number of carbonyl (C=O) groups excluding carboxylic acids is 1. The van der Waals surface area contributed by atoms with Crippen molar-refractivity contribution in [2.45, 2.75) is 33.2 Å². The number of piperazine rings is 1. The van der Waals surface area contributed by atoms with Gasteiger partial charge < -0.3 is 25.3 Å². The van der Waals surface area contributed by atoms with Gasteiger partial charge in [-0.15, -0.1) is 0 Å². The maximum Gasteiger partial charge on any atom is 0.254 e. The van der Waals surface area contributed by atoms with Crippen LogP contribution in [0.1, 0.15) is 35.0 Å². The van der Waals surface area contributed by atoms with Gasteiger partial charge in [-0.2, -0.15) is 15.1 Å². The third-order valence-corrected chi connectivity index (χ3v) is 7.28. The summed E-state index contributed by atoms with van der Waals surface area (Å²) in [6, 6.07) is 9.38. The molecule has 3 aromatic rings. The van der Waals surface area contributed by atoms with Crippen molar-refractivity contribution >= 4 is 40.9 Å². The van der Waals surface area contributed by atoms with Crippen molar-refractivity contribution in [3.8, 4) is 0 Å². The van der Waals surface area contributed by atoms with E-state index in [1.807, 2.05) is 36.9 Å². The van der Waals surface area contributed by atoms with E-state index in [0.717, 1.165) is 56.2 Å². The van der Waals surface area contributed by atoms with Gasteiger partial charge in [0, 0.05) is 73.7 Å². The first-order chi connectivity index (χ1) is 17.9. The van der Waals surface area contributed by atoms with Gasteiger partial charge in [-0.3, -0.25) is 9.89 Å². The Labute approximate surface area is 222 Å². The molecule has 0 aliphatic carbocycles. The summed E-state index contributed by atoms with van der Waals surface area (Å²) in [6.45, 7) is 12.2. The molecule has 2 aliphatic heterocycles. The molecule has 37 heavy (non-hydrogen) atoms. The third-order valence-electron chi connectivity index (χ3n) is 7.05. The smallest absolute Gasteiger partial charge is 0.254 e. The van der Waals surface area contributed by atoms with Crippen LogP contribution < -0.4 is 15.5 Å². The normalized spacial score (nSPS) is 18.3. The minimum atomic E-state index is 0.0261. The SMILES string of the molecule is CCN1CCN(c2cc(Nc3cc(C)[nH]n3)nc(N[C@H]3CCN(C(=O)c4ccc(Cl)cc4C)C3)n2)CC1. The van der Waals surface area contributed by atoms with Crippen molar-refractivity contribution in [1.29, 1.82) is 0 Å². The summed E-state index contributed by atoms with van der Waals surface area (Å²) in [6.07, 6.45) is 0.822. The number of likely N-dealkylation sites (tertiary alicyclic amines) is 1. The fraction of sp³-hybridized carbons (Fsp3) is 0.462. The van der Waals surface area contributed by atoms with E-state index in [9.17, 15) is 4.79 Å². The fourth-order valence-electron chi connectivity index (χ4n) is 4.91. The van der Waals surface area contributed by atoms with Crippen LogP contribution in [0.2, 0.25) is 5.02 Å². The number of aromatic amines is 1. The maximum absolute atomic E-state index is 13.1. The standard InChI is InChI=1S/C26H34ClN9O/c1-4-34-9-11-35(12-10-34)24-15-22(29-23-14-18(3)32-33-23)30-26(31-24)28-20-7-8-36(16-20)25(37)21-6-5-19(27)13-17(21)2/h5-6,13-15,20H,4,7-12,16H2,1-3H3,(H3,28,29,30,31,32,33)/t20-/m0/s1. The first kappa shape index (κ1) is 25.3. The molecule has 1 aromatic carbocycles. The Morgan fingerprint density at radius 1 is 1.08 bits per heavy atom. The van der Waals surface area contributed by atoms with E-state index in [-0.39, 0.29) is 11.9 Å². The lowest BCUT2D eigenvalue weighted by Gasteiger charge is -2.35. The molecule has 196 valence electrons. The fourth-order valence-corrected chi connectivity index (χ4v) is 5.14. The second-order valence-corrected chi connectivity index (χ2v) is 10.2. The van der Waals surface area contributed by atoms with Crippen LogP contribution in [0.15, 0.2) is 30.3 Å². The van der Waals surface area contributed by atoms with E-state index in [1.165, 1.54) is 0 Å². The summed E-state index contributed by atoms with van der Waals surface area (Å²) in [5, 5.41) is 14.7. The quantitative estimate of drug-likeness (QED) is 0.431. The van der Waals surface area contributed by atoms with E-state index in [0.29, 0.717) is 41.3 Å². The van der Waals surface area contributed by atoms with Crippen molar-refractivity contribution < 1.29 is 4.79 Å². The highest BCUT2D eigenvalue weighted by molar-refractivity contribution is 6.30. The first-order valence-electron chi connectivity index (χ1n) is 12.9. The Morgan fingerprint density at radius 2 is 1.89 bits per heavy atom. The van der Waals surface area contributed by atoms with Gasteiger partial charge in [0.15, 0.2) is 5.82 Å². The van der Waals surface area contributed by atoms with Crippen LogP contribution >= 0.6 is 11.6 Å². The lowest BCUT2D eigenvalue weighted by molar-refractivity contribution is 0.0791. The number of amides is 1. The van der Waals surface area contributed by atoms with Crippen LogP contribution in [0, 0.1) is 13.8 Å². The molecule has 1 atom stereocenters. The molecule has 2 fully saturated rings. The Morgan fingerprint density at radius 3 is 2.59 bits per heavy atom. The molecule has 4 heterocycles. The number of H-pyrrole nitrogens is 1. The Bertz CT molecular complexity index is 1250. The average Bonchev–Trinajstić information content (AvgIpc) is 3.52. The Balaban J connectivity index is 1.31. The molecule has 2 saturated heterocycles. The largest absolute Gasteiger partial charge is 0.354 e. The molecule has 0 spiro atoms. The predicted octanol–water partition coefficient (Wildman–Crippen LogP) is 3.68. The molecule has 5 rings (SSSR count). The van der Waals surface area contributed by atoms with Crippen LogP contribution in [0.4, 0.5) is 23.4 Å². The van der Waals surface area contributed by atoms with E-state index < -0.39 is 0 Å². The summed E-state index contributed by atoms with van der Waals surface area (Å²) < 4.78 is 0. The van der Waals surface area contributed by atoms with Crippen LogP contribution in [0.25, 0.3) is 0 Å². The number of halogens is 1. The van der Waals surface area contributed by atoms with E-state index in [2.05, 4.69) is 37.6 Å². The highest BCUT2D eigenvalue weighted by Crippen LogP contribution is 2.25. The number of hydrogen-bond acceptors (Lipinski definition) is 8. The molecule has 2 aliphatic rings. The van der Waals surface area contributed by atoms with Crippen LogP contribution in [0.3, 0.4) is 0 Å². The van der Waals surface area contributed by atoms with Gasteiger partial charge in [-0.1, -0.05) is 18.5 Å². The molecule has 0 unspecified atom stereocenters. The van der Waals surface area contributed by atoms with Gasteiger partial charge in [0.1, 0.15) is 11.6 Å². The number of hydrogen-bond donors (Lipinski definition) is 3. The van der Waals surface area contributed by atoms with Gasteiger partial charge in [0.05, 0.1) is 0 Å². The summed E-state index contributed by atoms with van der Waals surface area (Å²) in [7, 11) is 0. The number of nitrogens with one attached hydrogen (secondary N) is 3.